The third kappa shape index (κ3) is 2.91. The van der Waals surface area contributed by atoms with E-state index in [1.54, 1.807) is 4.90 Å². The van der Waals surface area contributed by atoms with Crippen LogP contribution in [0, 0.1) is 10.1 Å². The summed E-state index contributed by atoms with van der Waals surface area (Å²) in [4.78, 5) is 24.7. The fourth-order valence-corrected chi connectivity index (χ4v) is 2.68. The molecule has 0 aromatic heterocycles. The van der Waals surface area contributed by atoms with Gasteiger partial charge in [0.1, 0.15) is 5.56 Å². The van der Waals surface area contributed by atoms with Crippen molar-refractivity contribution >= 4 is 23.2 Å². The molecule has 0 spiro atoms. The highest BCUT2D eigenvalue weighted by Crippen LogP contribution is 2.27. The number of hydrogen-bond acceptors (Lipinski definition) is 4. The van der Waals surface area contributed by atoms with Crippen LogP contribution in [0.25, 0.3) is 0 Å². The van der Waals surface area contributed by atoms with Crippen LogP contribution in [0.4, 0.5) is 5.69 Å². The quantitative estimate of drug-likeness (QED) is 0.684. The first kappa shape index (κ1) is 14.7. The molecule has 0 bridgehead atoms. The molecule has 1 unspecified atom stereocenters. The average Bonchev–Trinajstić information content (AvgIpc) is 2.46. The van der Waals surface area contributed by atoms with E-state index < -0.39 is 4.92 Å². The third-order valence-corrected chi connectivity index (χ3v) is 3.78. The van der Waals surface area contributed by atoms with Crippen LogP contribution < -0.4 is 5.73 Å². The number of hydrogen-bond donors (Lipinski definition) is 1. The molecule has 0 radical (unpaired) electrons. The molecule has 1 heterocycles. The summed E-state index contributed by atoms with van der Waals surface area (Å²) >= 11 is 5.86. The molecule has 0 aliphatic carbocycles. The Morgan fingerprint density at radius 2 is 2.25 bits per heavy atom. The van der Waals surface area contributed by atoms with Crippen molar-refractivity contribution in [1.29, 1.82) is 0 Å². The molecule has 20 heavy (non-hydrogen) atoms. The standard InChI is InChI=1S/C13H16ClN3O3/c14-9-4-5-12(17(19)20)11(7-9)13(18)16-6-2-1-3-10(16)8-15/h4-5,7,10H,1-3,6,8,15H2. The molecule has 108 valence electrons. The summed E-state index contributed by atoms with van der Waals surface area (Å²) in [5.74, 6) is -0.366. The zero-order chi connectivity index (χ0) is 14.7. The maximum atomic E-state index is 12.6. The molecule has 2 rings (SSSR count). The molecular weight excluding hydrogens is 282 g/mol. The minimum atomic E-state index is -0.565. The second-order valence-corrected chi connectivity index (χ2v) is 5.24. The SMILES string of the molecule is NCC1CCCCN1C(=O)c1cc(Cl)ccc1[N+](=O)[O-]. The first-order chi connectivity index (χ1) is 9.54. The maximum Gasteiger partial charge on any atom is 0.282 e. The Labute approximate surface area is 121 Å². The molecule has 1 saturated heterocycles. The molecule has 1 aromatic rings. The predicted molar refractivity (Wildman–Crippen MR) is 75.8 cm³/mol. The van der Waals surface area contributed by atoms with E-state index in [1.807, 2.05) is 0 Å². The lowest BCUT2D eigenvalue weighted by atomic mass is 10.0. The van der Waals surface area contributed by atoms with Gasteiger partial charge in [-0.1, -0.05) is 11.6 Å². The van der Waals surface area contributed by atoms with Gasteiger partial charge in [0, 0.05) is 30.2 Å². The van der Waals surface area contributed by atoms with Crippen molar-refractivity contribution in [2.75, 3.05) is 13.1 Å². The van der Waals surface area contributed by atoms with Crippen LogP contribution in [0.5, 0.6) is 0 Å². The number of piperidine rings is 1. The first-order valence-corrected chi connectivity index (χ1v) is 6.87. The summed E-state index contributed by atoms with van der Waals surface area (Å²) in [6.07, 6.45) is 2.73. The predicted octanol–water partition coefficient (Wildman–Crippen LogP) is 2.20. The smallest absolute Gasteiger partial charge is 0.282 e. The van der Waals surface area contributed by atoms with Crippen LogP contribution in [0.3, 0.4) is 0 Å². The van der Waals surface area contributed by atoms with E-state index in [4.69, 9.17) is 17.3 Å². The summed E-state index contributed by atoms with van der Waals surface area (Å²) in [6, 6.07) is 3.96. The van der Waals surface area contributed by atoms with Crippen molar-refractivity contribution in [3.05, 3.63) is 38.9 Å². The Hall–Kier alpha value is -1.66. The Balaban J connectivity index is 2.36. The van der Waals surface area contributed by atoms with Crippen LogP contribution in [0.15, 0.2) is 18.2 Å². The van der Waals surface area contributed by atoms with Crippen molar-refractivity contribution in [2.45, 2.75) is 25.3 Å². The van der Waals surface area contributed by atoms with Gasteiger partial charge in [0.05, 0.1) is 4.92 Å². The van der Waals surface area contributed by atoms with Crippen LogP contribution in [-0.2, 0) is 0 Å². The Kier molecular flexibility index (Phi) is 4.57. The number of carbonyl (C=O) groups is 1. The molecule has 1 fully saturated rings. The normalized spacial score (nSPS) is 18.9. The molecule has 1 aliphatic rings. The lowest BCUT2D eigenvalue weighted by Crippen LogP contribution is -2.47. The van der Waals surface area contributed by atoms with Gasteiger partial charge in [0.15, 0.2) is 0 Å². The summed E-state index contributed by atoms with van der Waals surface area (Å²) in [6.45, 7) is 0.935. The van der Waals surface area contributed by atoms with Crippen LogP contribution >= 0.6 is 11.6 Å². The second kappa shape index (κ2) is 6.19. The minimum absolute atomic E-state index is 0.0304. The number of benzene rings is 1. The number of nitrogens with two attached hydrogens (primary N) is 1. The number of nitro benzene ring substituents is 1. The van der Waals surface area contributed by atoms with E-state index in [0.29, 0.717) is 18.1 Å². The lowest BCUT2D eigenvalue weighted by molar-refractivity contribution is -0.385. The van der Waals surface area contributed by atoms with Gasteiger partial charge in [-0.15, -0.1) is 0 Å². The van der Waals surface area contributed by atoms with Gasteiger partial charge in [0.2, 0.25) is 0 Å². The zero-order valence-corrected chi connectivity index (χ0v) is 11.7. The summed E-state index contributed by atoms with van der Waals surface area (Å²) in [5.41, 5.74) is 5.49. The van der Waals surface area contributed by atoms with Crippen molar-refractivity contribution < 1.29 is 9.72 Å². The van der Waals surface area contributed by atoms with E-state index in [2.05, 4.69) is 0 Å². The van der Waals surface area contributed by atoms with Gasteiger partial charge in [-0.3, -0.25) is 14.9 Å². The highest BCUT2D eigenvalue weighted by Gasteiger charge is 2.30. The van der Waals surface area contributed by atoms with Gasteiger partial charge in [-0.25, -0.2) is 0 Å². The molecule has 1 amide bonds. The number of nitro groups is 1. The van der Waals surface area contributed by atoms with Crippen LogP contribution in [0.2, 0.25) is 5.02 Å². The largest absolute Gasteiger partial charge is 0.334 e. The minimum Gasteiger partial charge on any atom is -0.334 e. The van der Waals surface area contributed by atoms with E-state index in [1.165, 1.54) is 18.2 Å². The molecule has 0 saturated carbocycles. The molecule has 6 nitrogen and oxygen atoms in total. The Bertz CT molecular complexity index is 536. The monoisotopic (exact) mass is 297 g/mol. The number of likely N-dealkylation sites (tertiary alicyclic amines) is 1. The topological polar surface area (TPSA) is 89.5 Å². The fraction of sp³-hybridized carbons (Fsp3) is 0.462. The van der Waals surface area contributed by atoms with Crippen molar-refractivity contribution in [2.24, 2.45) is 5.73 Å². The van der Waals surface area contributed by atoms with E-state index in [9.17, 15) is 14.9 Å². The van der Waals surface area contributed by atoms with Gasteiger partial charge >= 0.3 is 0 Å². The molecule has 1 aliphatic heterocycles. The first-order valence-electron chi connectivity index (χ1n) is 6.49. The molecule has 1 atom stereocenters. The van der Waals surface area contributed by atoms with Gasteiger partial charge in [-0.05, 0) is 31.4 Å². The summed E-state index contributed by atoms with van der Waals surface area (Å²) < 4.78 is 0. The molecular formula is C13H16ClN3O3. The van der Waals surface area contributed by atoms with Crippen molar-refractivity contribution in [1.82, 2.24) is 4.90 Å². The number of carbonyl (C=O) groups excluding carboxylic acids is 1. The van der Waals surface area contributed by atoms with Crippen LogP contribution in [0.1, 0.15) is 29.6 Å². The van der Waals surface area contributed by atoms with E-state index >= 15 is 0 Å². The van der Waals surface area contributed by atoms with Gasteiger partial charge < -0.3 is 10.6 Å². The maximum absolute atomic E-state index is 12.6. The van der Waals surface area contributed by atoms with Gasteiger partial charge in [0.25, 0.3) is 11.6 Å². The van der Waals surface area contributed by atoms with E-state index in [-0.39, 0.29) is 23.2 Å². The van der Waals surface area contributed by atoms with E-state index in [0.717, 1.165) is 19.3 Å². The summed E-state index contributed by atoms with van der Waals surface area (Å²) in [5, 5.41) is 11.3. The molecule has 2 N–H and O–H groups in total. The second-order valence-electron chi connectivity index (χ2n) is 4.80. The third-order valence-electron chi connectivity index (χ3n) is 3.55. The molecule has 7 heteroatoms. The summed E-state index contributed by atoms with van der Waals surface area (Å²) in [7, 11) is 0. The molecule has 1 aromatic carbocycles. The Morgan fingerprint density at radius 3 is 2.90 bits per heavy atom. The number of amides is 1. The lowest BCUT2D eigenvalue weighted by Gasteiger charge is -2.35. The highest BCUT2D eigenvalue weighted by atomic mass is 35.5. The fourth-order valence-electron chi connectivity index (χ4n) is 2.51. The van der Waals surface area contributed by atoms with Crippen LogP contribution in [-0.4, -0.2) is 34.9 Å². The number of rotatable bonds is 3. The Morgan fingerprint density at radius 1 is 1.50 bits per heavy atom. The number of nitrogens with zero attached hydrogens (tertiary/aromatic N) is 2. The van der Waals surface area contributed by atoms with Gasteiger partial charge in [-0.2, -0.15) is 0 Å². The average molecular weight is 298 g/mol. The van der Waals surface area contributed by atoms with Crippen molar-refractivity contribution in [3.63, 3.8) is 0 Å². The number of halogens is 1. The highest BCUT2D eigenvalue weighted by molar-refractivity contribution is 6.31. The van der Waals surface area contributed by atoms with Crippen molar-refractivity contribution in [3.8, 4) is 0 Å². The zero-order valence-electron chi connectivity index (χ0n) is 10.9.